The van der Waals surface area contributed by atoms with Gasteiger partial charge in [-0.15, -0.1) is 0 Å². The summed E-state index contributed by atoms with van der Waals surface area (Å²) in [6.07, 6.45) is 9.10. The van der Waals surface area contributed by atoms with E-state index in [2.05, 4.69) is 12.2 Å². The summed E-state index contributed by atoms with van der Waals surface area (Å²) in [6.45, 7) is 3.97. The minimum atomic E-state index is -0.886. The maximum atomic E-state index is 13.2. The number of nitrogens with one attached hydrogen (secondary N) is 1. The highest BCUT2D eigenvalue weighted by molar-refractivity contribution is 5.99. The van der Waals surface area contributed by atoms with E-state index in [1.165, 1.54) is 37.0 Å². The lowest BCUT2D eigenvalue weighted by Crippen LogP contribution is -2.57. The van der Waals surface area contributed by atoms with Crippen molar-refractivity contribution >= 4 is 17.8 Å². The number of nitrogens with zero attached hydrogens (tertiary/aromatic N) is 1. The molecular weight excluding hydrogens is 496 g/mol. The number of ether oxygens (including phenoxy) is 3. The number of esters is 1. The molecule has 1 fully saturated rings. The van der Waals surface area contributed by atoms with Crippen molar-refractivity contribution in [2.45, 2.75) is 70.8 Å². The number of para-hydroxylation sites is 1. The van der Waals surface area contributed by atoms with Gasteiger partial charge in [0, 0.05) is 18.7 Å². The summed E-state index contributed by atoms with van der Waals surface area (Å²) in [5.74, 6) is 0.292. The van der Waals surface area contributed by atoms with Gasteiger partial charge < -0.3 is 24.4 Å². The molecule has 212 valence electrons. The lowest BCUT2D eigenvalue weighted by molar-refractivity contribution is -0.147. The molecule has 0 radical (unpaired) electrons. The number of benzene rings is 2. The zero-order chi connectivity index (χ0) is 27.7. The molecule has 0 aromatic heterocycles. The maximum Gasteiger partial charge on any atom is 0.308 e. The van der Waals surface area contributed by atoms with Gasteiger partial charge >= 0.3 is 5.97 Å². The van der Waals surface area contributed by atoms with E-state index in [1.54, 1.807) is 24.3 Å². The molecule has 1 saturated heterocycles. The molecule has 8 nitrogen and oxygen atoms in total. The van der Waals surface area contributed by atoms with Gasteiger partial charge in [-0.25, -0.2) is 0 Å². The Morgan fingerprint density at radius 2 is 1.44 bits per heavy atom. The second-order valence-corrected chi connectivity index (χ2v) is 9.74. The molecule has 0 saturated carbocycles. The largest absolute Gasteiger partial charge is 0.490 e. The highest BCUT2D eigenvalue weighted by Crippen LogP contribution is 2.18. The average molecular weight is 539 g/mol. The quantitative estimate of drug-likeness (QED) is 0.221. The first kappa shape index (κ1) is 30.0. The summed E-state index contributed by atoms with van der Waals surface area (Å²) in [5, 5.41) is 2.76. The third-order valence-electron chi connectivity index (χ3n) is 6.68. The van der Waals surface area contributed by atoms with Crippen LogP contribution in [0.2, 0.25) is 0 Å². The van der Waals surface area contributed by atoms with Crippen LogP contribution in [-0.2, 0) is 14.3 Å². The molecule has 0 bridgehead atoms. The van der Waals surface area contributed by atoms with Crippen LogP contribution in [0.4, 0.5) is 0 Å². The Bertz CT molecular complexity index is 1010. The predicted molar refractivity (Wildman–Crippen MR) is 150 cm³/mol. The molecule has 2 aromatic rings. The summed E-state index contributed by atoms with van der Waals surface area (Å²) in [5.41, 5.74) is 0.426. The number of amides is 2. The molecule has 1 heterocycles. The first-order valence-electron chi connectivity index (χ1n) is 14.2. The number of unbranched alkanes of at least 4 members (excludes halogenated alkanes) is 7. The van der Waals surface area contributed by atoms with Gasteiger partial charge in [-0.1, -0.05) is 70.1 Å². The summed E-state index contributed by atoms with van der Waals surface area (Å²) in [4.78, 5) is 39.7. The fraction of sp³-hybridized carbons (Fsp3) is 0.516. The van der Waals surface area contributed by atoms with Crippen LogP contribution in [0.1, 0.15) is 75.1 Å². The molecule has 1 atom stereocenters. The Morgan fingerprint density at radius 1 is 0.821 bits per heavy atom. The van der Waals surface area contributed by atoms with Gasteiger partial charge in [0.05, 0.1) is 13.0 Å². The molecule has 0 aliphatic carbocycles. The van der Waals surface area contributed by atoms with E-state index < -0.39 is 12.0 Å². The predicted octanol–water partition coefficient (Wildman–Crippen LogP) is 5.16. The monoisotopic (exact) mass is 538 g/mol. The van der Waals surface area contributed by atoms with Crippen molar-refractivity contribution in [3.63, 3.8) is 0 Å². The van der Waals surface area contributed by atoms with Gasteiger partial charge in [0.2, 0.25) is 5.91 Å². The smallest absolute Gasteiger partial charge is 0.308 e. The maximum absolute atomic E-state index is 13.2. The van der Waals surface area contributed by atoms with Crippen LogP contribution in [0, 0.1) is 0 Å². The second kappa shape index (κ2) is 17.1. The van der Waals surface area contributed by atoms with Crippen LogP contribution in [-0.4, -0.2) is 61.6 Å². The third kappa shape index (κ3) is 10.6. The Labute approximate surface area is 232 Å². The minimum absolute atomic E-state index is 0.156. The summed E-state index contributed by atoms with van der Waals surface area (Å²) < 4.78 is 16.7. The normalized spacial score (nSPS) is 14.9. The number of hydrogen-bond acceptors (Lipinski definition) is 6. The van der Waals surface area contributed by atoms with E-state index in [0.29, 0.717) is 44.2 Å². The number of rotatable bonds is 17. The van der Waals surface area contributed by atoms with Crippen molar-refractivity contribution in [2.24, 2.45) is 0 Å². The lowest BCUT2D eigenvalue weighted by atomic mass is 10.1. The third-order valence-corrected chi connectivity index (χ3v) is 6.68. The van der Waals surface area contributed by atoms with E-state index in [9.17, 15) is 14.4 Å². The van der Waals surface area contributed by atoms with E-state index in [-0.39, 0.29) is 18.2 Å². The van der Waals surface area contributed by atoms with Crippen LogP contribution >= 0.6 is 0 Å². The molecule has 1 aliphatic rings. The minimum Gasteiger partial charge on any atom is -0.490 e. The Morgan fingerprint density at radius 3 is 2.10 bits per heavy atom. The van der Waals surface area contributed by atoms with Crippen LogP contribution in [0.15, 0.2) is 54.6 Å². The molecule has 2 aromatic carbocycles. The fourth-order valence-electron chi connectivity index (χ4n) is 4.49. The molecular formula is C31H42N2O6. The van der Waals surface area contributed by atoms with Crippen molar-refractivity contribution < 1.29 is 28.6 Å². The number of piperazine rings is 1. The van der Waals surface area contributed by atoms with Gasteiger partial charge in [-0.05, 0) is 42.8 Å². The highest BCUT2D eigenvalue weighted by Gasteiger charge is 2.35. The first-order valence-corrected chi connectivity index (χ1v) is 14.2. The second-order valence-electron chi connectivity index (χ2n) is 9.74. The molecule has 8 heteroatoms. The molecule has 39 heavy (non-hydrogen) atoms. The first-order chi connectivity index (χ1) is 19.1. The van der Waals surface area contributed by atoms with E-state index in [4.69, 9.17) is 14.2 Å². The lowest BCUT2D eigenvalue weighted by Gasteiger charge is -2.34. The number of carbonyl (C=O) groups is 3. The summed E-state index contributed by atoms with van der Waals surface area (Å²) in [7, 11) is 0. The van der Waals surface area contributed by atoms with Crippen molar-refractivity contribution in [3.8, 4) is 11.5 Å². The van der Waals surface area contributed by atoms with Crippen molar-refractivity contribution in [3.05, 3.63) is 60.2 Å². The van der Waals surface area contributed by atoms with E-state index in [1.807, 2.05) is 30.3 Å². The molecule has 1 unspecified atom stereocenters. The van der Waals surface area contributed by atoms with Crippen molar-refractivity contribution in [1.29, 1.82) is 0 Å². The van der Waals surface area contributed by atoms with Gasteiger partial charge in [0.15, 0.2) is 0 Å². The van der Waals surface area contributed by atoms with Crippen LogP contribution < -0.4 is 14.8 Å². The Kier molecular flexibility index (Phi) is 13.2. The Balaban J connectivity index is 1.41. The van der Waals surface area contributed by atoms with E-state index in [0.717, 1.165) is 25.0 Å². The SMILES string of the molecule is CCCCCCCCCCOC(=O)CC1C(=O)NCCN1C(=O)c1ccc(OCCOc2ccccc2)cc1. The molecule has 0 spiro atoms. The van der Waals surface area contributed by atoms with Gasteiger partial charge in [-0.3, -0.25) is 14.4 Å². The molecule has 2 amide bonds. The van der Waals surface area contributed by atoms with Crippen LogP contribution in [0.5, 0.6) is 11.5 Å². The van der Waals surface area contributed by atoms with Crippen molar-refractivity contribution in [2.75, 3.05) is 32.9 Å². The van der Waals surface area contributed by atoms with Crippen molar-refractivity contribution in [1.82, 2.24) is 10.2 Å². The van der Waals surface area contributed by atoms with Gasteiger partial charge in [0.25, 0.3) is 5.91 Å². The zero-order valence-corrected chi connectivity index (χ0v) is 23.1. The molecule has 1 N–H and O–H groups in total. The zero-order valence-electron chi connectivity index (χ0n) is 23.1. The highest BCUT2D eigenvalue weighted by atomic mass is 16.5. The molecule has 1 aliphatic heterocycles. The summed E-state index contributed by atoms with van der Waals surface area (Å²) in [6, 6.07) is 15.4. The van der Waals surface area contributed by atoms with Crippen LogP contribution in [0.3, 0.4) is 0 Å². The van der Waals surface area contributed by atoms with Gasteiger partial charge in [0.1, 0.15) is 30.8 Å². The average Bonchev–Trinajstić information content (AvgIpc) is 2.96. The molecule has 3 rings (SSSR count). The standard InChI is InChI=1S/C31H42N2O6/c1-2-3-4-5-6-7-8-12-21-39-29(34)24-28-30(35)32-19-20-33(28)31(36)25-15-17-27(18-16-25)38-23-22-37-26-13-10-9-11-14-26/h9-11,13-18,28H,2-8,12,19-24H2,1H3,(H,32,35). The summed E-state index contributed by atoms with van der Waals surface area (Å²) >= 11 is 0. The number of carbonyl (C=O) groups excluding carboxylic acids is 3. The van der Waals surface area contributed by atoms with Crippen LogP contribution in [0.25, 0.3) is 0 Å². The fourth-order valence-corrected chi connectivity index (χ4v) is 4.49. The Hall–Kier alpha value is -3.55. The van der Waals surface area contributed by atoms with E-state index >= 15 is 0 Å². The topological polar surface area (TPSA) is 94.2 Å². The van der Waals surface area contributed by atoms with Gasteiger partial charge in [-0.2, -0.15) is 0 Å². The number of hydrogen-bond donors (Lipinski definition) is 1.